The van der Waals surface area contributed by atoms with Crippen LogP contribution in [0.5, 0.6) is 5.75 Å². The lowest BCUT2D eigenvalue weighted by molar-refractivity contribution is -0.153. The van der Waals surface area contributed by atoms with Crippen LogP contribution >= 0.6 is 15.9 Å². The van der Waals surface area contributed by atoms with E-state index in [0.29, 0.717) is 12.1 Å². The highest BCUT2D eigenvalue weighted by molar-refractivity contribution is 9.10. The Bertz CT molecular complexity index is 363. The van der Waals surface area contributed by atoms with Gasteiger partial charge in [0.05, 0.1) is 4.47 Å². The Balaban J connectivity index is 2.86. The third-order valence-corrected chi connectivity index (χ3v) is 2.12. The molecule has 0 aliphatic heterocycles. The summed E-state index contributed by atoms with van der Waals surface area (Å²) in [6.07, 6.45) is -4.55. The van der Waals surface area contributed by atoms with E-state index in [1.165, 1.54) is 0 Å². The minimum absolute atomic E-state index is 0.340. The maximum absolute atomic E-state index is 12.8. The molecule has 0 aliphatic rings. The minimum atomic E-state index is -4.55. The molecule has 0 amide bonds. The predicted molar refractivity (Wildman–Crippen MR) is 45.6 cm³/mol. The quantitative estimate of drug-likeness (QED) is 0.596. The summed E-state index contributed by atoms with van der Waals surface area (Å²) >= 11 is 2.65. The summed E-state index contributed by atoms with van der Waals surface area (Å²) in [4.78, 5) is 0. The van der Waals surface area contributed by atoms with Crippen LogP contribution in [0.25, 0.3) is 0 Å². The van der Waals surface area contributed by atoms with Gasteiger partial charge in [0.15, 0.2) is 6.61 Å². The molecule has 0 radical (unpaired) electrons. The van der Waals surface area contributed by atoms with Gasteiger partial charge in [0.1, 0.15) is 17.4 Å². The molecule has 1 aromatic carbocycles. The lowest BCUT2D eigenvalue weighted by Gasteiger charge is -2.10. The molecule has 0 N–H and O–H groups in total. The molecule has 1 nitrogen and oxygen atoms in total. The van der Waals surface area contributed by atoms with Gasteiger partial charge in [-0.1, -0.05) is 0 Å². The Morgan fingerprint density at radius 3 is 2.33 bits per heavy atom. The molecule has 7 heteroatoms. The van der Waals surface area contributed by atoms with Crippen LogP contribution in [0.4, 0.5) is 22.0 Å². The highest BCUT2D eigenvalue weighted by Crippen LogP contribution is 2.30. The van der Waals surface area contributed by atoms with E-state index < -0.39 is 30.2 Å². The summed E-state index contributed by atoms with van der Waals surface area (Å²) < 4.78 is 64.5. The third-order valence-electron chi connectivity index (χ3n) is 1.35. The first-order valence-corrected chi connectivity index (χ1v) is 4.43. The van der Waals surface area contributed by atoms with Gasteiger partial charge in [0.2, 0.25) is 0 Å². The Labute approximate surface area is 90.0 Å². The van der Waals surface area contributed by atoms with Crippen molar-refractivity contribution in [2.75, 3.05) is 6.61 Å². The molecule has 15 heavy (non-hydrogen) atoms. The Morgan fingerprint density at radius 2 is 1.80 bits per heavy atom. The highest BCUT2D eigenvalue weighted by atomic mass is 79.9. The first-order valence-electron chi connectivity index (χ1n) is 3.63. The van der Waals surface area contributed by atoms with E-state index in [1.807, 2.05) is 0 Å². The summed E-state index contributed by atoms with van der Waals surface area (Å²) in [6.45, 7) is -1.60. The smallest absolute Gasteiger partial charge is 0.422 e. The predicted octanol–water partition coefficient (Wildman–Crippen LogP) is 3.67. The standard InChI is InChI=1S/C8H4BrF5O/c9-7-5(11)1-4(10)2-6(7)15-3-8(12,13)14/h1-2H,3H2. The third kappa shape index (κ3) is 3.65. The van der Waals surface area contributed by atoms with Crippen LogP contribution in [0.1, 0.15) is 0 Å². The maximum atomic E-state index is 12.8. The summed E-state index contributed by atoms with van der Waals surface area (Å²) in [5.74, 6) is -2.55. The van der Waals surface area contributed by atoms with Gasteiger partial charge >= 0.3 is 6.18 Å². The Morgan fingerprint density at radius 1 is 1.20 bits per heavy atom. The average Bonchev–Trinajstić information content (AvgIpc) is 2.07. The number of benzene rings is 1. The van der Waals surface area contributed by atoms with Gasteiger partial charge in [-0.05, 0) is 15.9 Å². The molecular formula is C8H4BrF5O. The molecule has 0 spiro atoms. The summed E-state index contributed by atoms with van der Waals surface area (Å²) in [5, 5.41) is 0. The summed E-state index contributed by atoms with van der Waals surface area (Å²) in [5.41, 5.74) is 0. The van der Waals surface area contributed by atoms with E-state index in [1.54, 1.807) is 0 Å². The van der Waals surface area contributed by atoms with Gasteiger partial charge in [-0.15, -0.1) is 0 Å². The van der Waals surface area contributed by atoms with Crippen molar-refractivity contribution in [2.45, 2.75) is 6.18 Å². The molecule has 1 aromatic rings. The molecule has 0 atom stereocenters. The van der Waals surface area contributed by atoms with Crippen LogP contribution in [0, 0.1) is 11.6 Å². The fourth-order valence-corrected chi connectivity index (χ4v) is 1.14. The number of alkyl halides is 3. The van der Waals surface area contributed by atoms with Gasteiger partial charge < -0.3 is 4.74 Å². The van der Waals surface area contributed by atoms with Crippen molar-refractivity contribution in [3.8, 4) is 5.75 Å². The van der Waals surface area contributed by atoms with E-state index in [2.05, 4.69) is 20.7 Å². The van der Waals surface area contributed by atoms with Crippen molar-refractivity contribution in [1.29, 1.82) is 0 Å². The second-order valence-electron chi connectivity index (χ2n) is 2.60. The molecule has 0 bridgehead atoms. The number of halogens is 6. The van der Waals surface area contributed by atoms with E-state index in [4.69, 9.17) is 0 Å². The van der Waals surface area contributed by atoms with Gasteiger partial charge in [-0.2, -0.15) is 13.2 Å². The van der Waals surface area contributed by atoms with Gasteiger partial charge in [-0.25, -0.2) is 8.78 Å². The summed E-state index contributed by atoms with van der Waals surface area (Å²) in [7, 11) is 0. The maximum Gasteiger partial charge on any atom is 0.422 e. The molecular weight excluding hydrogens is 287 g/mol. The monoisotopic (exact) mass is 290 g/mol. The zero-order chi connectivity index (χ0) is 11.6. The lowest BCUT2D eigenvalue weighted by Crippen LogP contribution is -2.19. The van der Waals surface area contributed by atoms with Crippen molar-refractivity contribution in [3.63, 3.8) is 0 Å². The largest absolute Gasteiger partial charge is 0.483 e. The van der Waals surface area contributed by atoms with E-state index in [0.717, 1.165) is 0 Å². The molecule has 0 saturated carbocycles. The molecule has 1 rings (SSSR count). The van der Waals surface area contributed by atoms with Gasteiger partial charge in [-0.3, -0.25) is 0 Å². The lowest BCUT2D eigenvalue weighted by atomic mass is 10.3. The van der Waals surface area contributed by atoms with Crippen molar-refractivity contribution >= 4 is 15.9 Å². The number of hydrogen-bond acceptors (Lipinski definition) is 1. The summed E-state index contributed by atoms with van der Waals surface area (Å²) in [6, 6.07) is 1.20. The van der Waals surface area contributed by atoms with Gasteiger partial charge in [0, 0.05) is 12.1 Å². The van der Waals surface area contributed by atoms with Crippen molar-refractivity contribution < 1.29 is 26.7 Å². The topological polar surface area (TPSA) is 9.23 Å². The molecule has 0 heterocycles. The van der Waals surface area contributed by atoms with Crippen LogP contribution < -0.4 is 4.74 Å². The zero-order valence-electron chi connectivity index (χ0n) is 7.04. The van der Waals surface area contributed by atoms with Crippen LogP contribution in [0.15, 0.2) is 16.6 Å². The van der Waals surface area contributed by atoms with Crippen LogP contribution in [-0.2, 0) is 0 Å². The van der Waals surface area contributed by atoms with Crippen LogP contribution in [0.3, 0.4) is 0 Å². The minimum Gasteiger partial charge on any atom is -0.483 e. The normalized spacial score (nSPS) is 11.6. The fourth-order valence-electron chi connectivity index (χ4n) is 0.797. The SMILES string of the molecule is Fc1cc(F)c(Br)c(OCC(F)(F)F)c1. The van der Waals surface area contributed by atoms with E-state index in [9.17, 15) is 22.0 Å². The molecule has 84 valence electrons. The Kier molecular flexibility index (Phi) is 3.54. The first kappa shape index (κ1) is 12.2. The molecule has 0 unspecified atom stereocenters. The number of hydrogen-bond donors (Lipinski definition) is 0. The fraction of sp³-hybridized carbons (Fsp3) is 0.250. The zero-order valence-corrected chi connectivity index (χ0v) is 8.62. The molecule has 0 saturated heterocycles. The number of rotatable bonds is 2. The molecule has 0 aromatic heterocycles. The second-order valence-corrected chi connectivity index (χ2v) is 3.40. The average molecular weight is 291 g/mol. The molecule has 0 fully saturated rings. The second kappa shape index (κ2) is 4.34. The van der Waals surface area contributed by atoms with E-state index >= 15 is 0 Å². The van der Waals surface area contributed by atoms with Crippen molar-refractivity contribution in [2.24, 2.45) is 0 Å². The Hall–Kier alpha value is -0.850. The number of ether oxygens (including phenoxy) is 1. The van der Waals surface area contributed by atoms with Crippen LogP contribution in [-0.4, -0.2) is 12.8 Å². The van der Waals surface area contributed by atoms with Crippen LogP contribution in [0.2, 0.25) is 0 Å². The molecule has 0 aliphatic carbocycles. The van der Waals surface area contributed by atoms with Gasteiger partial charge in [0.25, 0.3) is 0 Å². The highest BCUT2D eigenvalue weighted by Gasteiger charge is 2.29. The first-order chi connectivity index (χ1) is 6.79. The van der Waals surface area contributed by atoms with Crippen molar-refractivity contribution in [1.82, 2.24) is 0 Å². The van der Waals surface area contributed by atoms with Crippen molar-refractivity contribution in [3.05, 3.63) is 28.2 Å². The van der Waals surface area contributed by atoms with E-state index in [-0.39, 0.29) is 4.47 Å².